The molecule has 9 rings (SSSR count). The number of benzene rings is 7. The first-order valence-corrected chi connectivity index (χ1v) is 14.0. The molecule has 0 aliphatic rings. The topological polar surface area (TPSA) is 26.0 Å². The van der Waals surface area contributed by atoms with Crippen molar-refractivity contribution in [2.75, 3.05) is 0 Å². The van der Waals surface area contributed by atoms with Crippen LogP contribution in [0.15, 0.2) is 144 Å². The van der Waals surface area contributed by atoms with Crippen LogP contribution in [0.1, 0.15) is 0 Å². The zero-order valence-electron chi connectivity index (χ0n) is 22.1. The predicted octanol–water partition coefficient (Wildman–Crippen LogP) is 10.9. The van der Waals surface area contributed by atoms with Crippen LogP contribution in [0.2, 0.25) is 0 Å². The summed E-state index contributed by atoms with van der Waals surface area (Å²) in [5.74, 6) is 0. The maximum absolute atomic E-state index is 6.49. The third-order valence-corrected chi connectivity index (χ3v) is 8.45. The molecule has 0 aliphatic heterocycles. The molecule has 0 unspecified atom stereocenters. The Bertz CT molecular complexity index is 2470. The highest BCUT2D eigenvalue weighted by molar-refractivity contribution is 6.24. The van der Waals surface area contributed by atoms with Crippen molar-refractivity contribution in [3.8, 4) is 22.4 Å². The van der Waals surface area contributed by atoms with Gasteiger partial charge in [-0.05, 0) is 56.9 Å². The number of aromatic nitrogens is 1. The molecule has 0 bridgehead atoms. The molecule has 0 saturated heterocycles. The number of fused-ring (bicyclic) bond motifs is 10. The van der Waals surface area contributed by atoms with Crippen molar-refractivity contribution in [1.29, 1.82) is 0 Å². The largest absolute Gasteiger partial charge is 0.455 e. The minimum absolute atomic E-state index is 0.907. The zero-order chi connectivity index (χ0) is 26.9. The monoisotopic (exact) mass is 521 g/mol. The van der Waals surface area contributed by atoms with Crippen LogP contribution in [0.4, 0.5) is 0 Å². The molecule has 0 aliphatic carbocycles. The molecule has 0 saturated carbocycles. The standard InChI is InChI=1S/C39H23NO/c1-2-10-27-26(9-1)23-34(29-12-4-3-11-28(27)29)24-17-19-25(20-18-24)38-33-22-21-31-30-13-6-8-16-36(30)41-39(31)37(33)32-14-5-7-15-35(32)40-38/h1-23H. The fourth-order valence-electron chi connectivity index (χ4n) is 6.54. The van der Waals surface area contributed by atoms with E-state index in [0.717, 1.165) is 54.9 Å². The number of furan rings is 1. The highest BCUT2D eigenvalue weighted by Crippen LogP contribution is 2.41. The molecule has 0 spiro atoms. The molecule has 190 valence electrons. The summed E-state index contributed by atoms with van der Waals surface area (Å²) < 4.78 is 6.49. The number of hydrogen-bond donors (Lipinski definition) is 0. The van der Waals surface area contributed by atoms with E-state index >= 15 is 0 Å². The average molecular weight is 522 g/mol. The maximum Gasteiger partial charge on any atom is 0.144 e. The van der Waals surface area contributed by atoms with Gasteiger partial charge in [-0.1, -0.05) is 115 Å². The van der Waals surface area contributed by atoms with Gasteiger partial charge in [0.05, 0.1) is 11.2 Å². The van der Waals surface area contributed by atoms with Gasteiger partial charge in [0.2, 0.25) is 0 Å². The molecule has 9 aromatic rings. The second-order valence-corrected chi connectivity index (χ2v) is 10.7. The lowest BCUT2D eigenvalue weighted by atomic mass is 9.92. The number of nitrogens with zero attached hydrogens (tertiary/aromatic N) is 1. The molecular formula is C39H23NO. The first-order valence-electron chi connectivity index (χ1n) is 14.0. The van der Waals surface area contributed by atoms with Crippen LogP contribution in [-0.2, 0) is 0 Å². The van der Waals surface area contributed by atoms with Gasteiger partial charge in [0.15, 0.2) is 0 Å². The van der Waals surface area contributed by atoms with E-state index in [0.29, 0.717) is 0 Å². The minimum Gasteiger partial charge on any atom is -0.455 e. The van der Waals surface area contributed by atoms with Gasteiger partial charge in [0.25, 0.3) is 0 Å². The molecule has 0 fully saturated rings. The Kier molecular flexibility index (Phi) is 4.64. The van der Waals surface area contributed by atoms with E-state index in [1.807, 2.05) is 12.1 Å². The minimum atomic E-state index is 0.907. The van der Waals surface area contributed by atoms with Crippen molar-refractivity contribution in [3.05, 3.63) is 140 Å². The third kappa shape index (κ3) is 3.28. The van der Waals surface area contributed by atoms with Gasteiger partial charge in [-0.2, -0.15) is 0 Å². The van der Waals surface area contributed by atoms with Crippen LogP contribution in [0, 0.1) is 0 Å². The molecule has 2 heteroatoms. The zero-order valence-corrected chi connectivity index (χ0v) is 22.1. The molecule has 7 aromatic carbocycles. The van der Waals surface area contributed by atoms with Crippen molar-refractivity contribution in [1.82, 2.24) is 4.98 Å². The molecule has 41 heavy (non-hydrogen) atoms. The third-order valence-electron chi connectivity index (χ3n) is 8.45. The van der Waals surface area contributed by atoms with Crippen molar-refractivity contribution in [2.45, 2.75) is 0 Å². The van der Waals surface area contributed by atoms with Crippen LogP contribution in [0.3, 0.4) is 0 Å². The highest BCUT2D eigenvalue weighted by Gasteiger charge is 2.17. The van der Waals surface area contributed by atoms with Gasteiger partial charge in [-0.25, -0.2) is 4.98 Å². The molecule has 0 amide bonds. The summed E-state index contributed by atoms with van der Waals surface area (Å²) in [6, 6.07) is 49.5. The Hall–Kier alpha value is -5.47. The summed E-state index contributed by atoms with van der Waals surface area (Å²) in [5, 5.41) is 10.7. The second-order valence-electron chi connectivity index (χ2n) is 10.7. The molecule has 2 nitrogen and oxygen atoms in total. The van der Waals surface area contributed by atoms with Gasteiger partial charge in [-0.3, -0.25) is 0 Å². The molecule has 2 aromatic heterocycles. The van der Waals surface area contributed by atoms with Gasteiger partial charge < -0.3 is 4.42 Å². The van der Waals surface area contributed by atoms with E-state index in [-0.39, 0.29) is 0 Å². The average Bonchev–Trinajstić information content (AvgIpc) is 3.43. The fourth-order valence-corrected chi connectivity index (χ4v) is 6.54. The molecular weight excluding hydrogens is 498 g/mol. The summed E-state index contributed by atoms with van der Waals surface area (Å²) in [6.07, 6.45) is 0. The predicted molar refractivity (Wildman–Crippen MR) is 172 cm³/mol. The Morgan fingerprint density at radius 1 is 0.439 bits per heavy atom. The lowest BCUT2D eigenvalue weighted by molar-refractivity contribution is 0.673. The number of rotatable bonds is 2. The highest BCUT2D eigenvalue weighted by atomic mass is 16.3. The Morgan fingerprint density at radius 3 is 1.93 bits per heavy atom. The normalized spacial score (nSPS) is 11.9. The number of para-hydroxylation sites is 2. The van der Waals surface area contributed by atoms with Crippen molar-refractivity contribution in [2.24, 2.45) is 0 Å². The van der Waals surface area contributed by atoms with Crippen molar-refractivity contribution in [3.63, 3.8) is 0 Å². The van der Waals surface area contributed by atoms with E-state index in [9.17, 15) is 0 Å². The summed E-state index contributed by atoms with van der Waals surface area (Å²) in [4.78, 5) is 5.19. The number of pyridine rings is 1. The second kappa shape index (κ2) is 8.51. The molecule has 0 N–H and O–H groups in total. The van der Waals surface area contributed by atoms with Crippen molar-refractivity contribution >= 4 is 65.2 Å². The van der Waals surface area contributed by atoms with E-state index in [4.69, 9.17) is 9.40 Å². The lowest BCUT2D eigenvalue weighted by Crippen LogP contribution is -1.91. The van der Waals surface area contributed by atoms with Crippen molar-refractivity contribution < 1.29 is 4.42 Å². The van der Waals surface area contributed by atoms with Gasteiger partial charge in [-0.15, -0.1) is 0 Å². The Labute approximate surface area is 236 Å². The molecule has 0 radical (unpaired) electrons. The SMILES string of the molecule is c1ccc2c(c1)cc(-c1ccc(-c3nc4ccccc4c4c3ccc3c5ccccc5oc34)cc1)c1ccccc12. The van der Waals surface area contributed by atoms with E-state index in [1.54, 1.807) is 0 Å². The van der Waals surface area contributed by atoms with Gasteiger partial charge >= 0.3 is 0 Å². The lowest BCUT2D eigenvalue weighted by Gasteiger charge is -2.13. The van der Waals surface area contributed by atoms with Crippen LogP contribution in [-0.4, -0.2) is 4.98 Å². The molecule has 0 atom stereocenters. The van der Waals surface area contributed by atoms with Gasteiger partial charge in [0.1, 0.15) is 11.2 Å². The Balaban J connectivity index is 1.28. The van der Waals surface area contributed by atoms with Crippen LogP contribution < -0.4 is 0 Å². The Morgan fingerprint density at radius 2 is 1.07 bits per heavy atom. The summed E-state index contributed by atoms with van der Waals surface area (Å²) in [7, 11) is 0. The molecule has 2 heterocycles. The fraction of sp³-hybridized carbons (Fsp3) is 0. The maximum atomic E-state index is 6.49. The first-order chi connectivity index (χ1) is 20.3. The summed E-state index contributed by atoms with van der Waals surface area (Å²) >= 11 is 0. The van der Waals surface area contributed by atoms with E-state index < -0.39 is 0 Å². The van der Waals surface area contributed by atoms with Crippen LogP contribution in [0.25, 0.3) is 87.5 Å². The van der Waals surface area contributed by atoms with Crippen LogP contribution in [0.5, 0.6) is 0 Å². The summed E-state index contributed by atoms with van der Waals surface area (Å²) in [6.45, 7) is 0. The number of hydrogen-bond acceptors (Lipinski definition) is 2. The smallest absolute Gasteiger partial charge is 0.144 e. The quantitative estimate of drug-likeness (QED) is 0.211. The van der Waals surface area contributed by atoms with Gasteiger partial charge in [0, 0.05) is 32.5 Å². The van der Waals surface area contributed by atoms with E-state index in [1.165, 1.54) is 32.7 Å². The van der Waals surface area contributed by atoms with Crippen LogP contribution >= 0.6 is 0 Å². The first kappa shape index (κ1) is 22.4. The summed E-state index contributed by atoms with van der Waals surface area (Å²) in [5.41, 5.74) is 7.28. The van der Waals surface area contributed by atoms with E-state index in [2.05, 4.69) is 127 Å².